The molecule has 0 aliphatic carbocycles. The molecule has 20 heavy (non-hydrogen) atoms. The largest absolute Gasteiger partial charge is 0.481 e. The molecule has 1 aliphatic rings. The van der Waals surface area contributed by atoms with E-state index in [0.29, 0.717) is 13.0 Å². The molecule has 0 saturated carbocycles. The van der Waals surface area contributed by atoms with Crippen LogP contribution in [-0.4, -0.2) is 39.5 Å². The van der Waals surface area contributed by atoms with Gasteiger partial charge in [0.25, 0.3) is 0 Å². The van der Waals surface area contributed by atoms with Crippen LogP contribution in [0.3, 0.4) is 0 Å². The summed E-state index contributed by atoms with van der Waals surface area (Å²) in [5, 5.41) is 14.9. The molecule has 7 heteroatoms. The number of nitrogens with one attached hydrogen (secondary N) is 3. The van der Waals surface area contributed by atoms with Gasteiger partial charge in [-0.15, -0.1) is 0 Å². The fourth-order valence-electron chi connectivity index (χ4n) is 2.30. The van der Waals surface area contributed by atoms with Gasteiger partial charge in [-0.2, -0.15) is 0 Å². The molecule has 2 unspecified atom stereocenters. The minimum absolute atomic E-state index is 0.0231. The Morgan fingerprint density at radius 3 is 2.95 bits per heavy atom. The lowest BCUT2D eigenvalue weighted by atomic mass is 9.95. The van der Waals surface area contributed by atoms with Gasteiger partial charge in [0.05, 0.1) is 29.7 Å². The molecule has 0 spiro atoms. The zero-order valence-corrected chi connectivity index (χ0v) is 11.6. The van der Waals surface area contributed by atoms with Crippen molar-refractivity contribution in [2.24, 2.45) is 11.8 Å². The van der Waals surface area contributed by atoms with Gasteiger partial charge in [-0.25, -0.2) is 4.98 Å². The predicted molar refractivity (Wildman–Crippen MR) is 71.9 cm³/mol. The van der Waals surface area contributed by atoms with E-state index in [9.17, 15) is 9.59 Å². The molecule has 1 amide bonds. The molecular formula is C13H20N4O3. The van der Waals surface area contributed by atoms with Crippen molar-refractivity contribution in [3.8, 4) is 0 Å². The van der Waals surface area contributed by atoms with Crippen molar-refractivity contribution in [2.45, 2.75) is 32.9 Å². The average Bonchev–Trinajstić information content (AvgIpc) is 2.84. The molecule has 0 radical (unpaired) electrons. The highest BCUT2D eigenvalue weighted by atomic mass is 16.4. The highest BCUT2D eigenvalue weighted by Gasteiger charge is 2.27. The summed E-state index contributed by atoms with van der Waals surface area (Å²) in [6.45, 7) is 4.39. The third-order valence-electron chi connectivity index (χ3n) is 3.66. The van der Waals surface area contributed by atoms with Gasteiger partial charge in [-0.05, 0) is 5.92 Å². The zero-order valence-electron chi connectivity index (χ0n) is 11.6. The van der Waals surface area contributed by atoms with Crippen molar-refractivity contribution in [2.75, 3.05) is 6.54 Å². The summed E-state index contributed by atoms with van der Waals surface area (Å²) < 4.78 is 0. The van der Waals surface area contributed by atoms with Gasteiger partial charge >= 0.3 is 5.97 Å². The molecule has 0 fully saturated rings. The monoisotopic (exact) mass is 280 g/mol. The molecule has 0 saturated heterocycles. The summed E-state index contributed by atoms with van der Waals surface area (Å²) in [5.74, 6) is -1.65. The Kier molecular flexibility index (Phi) is 4.39. The molecule has 4 N–H and O–H groups in total. The molecule has 1 aromatic rings. The number of fused-ring (bicyclic) bond motifs is 1. The van der Waals surface area contributed by atoms with Crippen LogP contribution < -0.4 is 10.6 Å². The number of hydrogen-bond acceptors (Lipinski definition) is 4. The second-order valence-electron chi connectivity index (χ2n) is 5.40. The van der Waals surface area contributed by atoms with Crippen LogP contribution in [0, 0.1) is 11.8 Å². The van der Waals surface area contributed by atoms with E-state index in [2.05, 4.69) is 20.6 Å². The number of carbonyl (C=O) groups excluding carboxylic acids is 1. The molecule has 1 aliphatic heterocycles. The maximum absolute atomic E-state index is 12.1. The van der Waals surface area contributed by atoms with Crippen LogP contribution in [0.2, 0.25) is 0 Å². The fraction of sp³-hybridized carbons (Fsp3) is 0.615. The molecule has 0 bridgehead atoms. The quantitative estimate of drug-likeness (QED) is 0.602. The van der Waals surface area contributed by atoms with Crippen LogP contribution in [0.4, 0.5) is 0 Å². The maximum atomic E-state index is 12.1. The number of hydrogen-bond donors (Lipinski definition) is 4. The molecule has 0 aromatic carbocycles. The summed E-state index contributed by atoms with van der Waals surface area (Å²) in [6, 6.07) is -0.354. The summed E-state index contributed by atoms with van der Waals surface area (Å²) in [5.41, 5.74) is 1.89. The standard InChI is InChI=1S/C13H20N4O3/c1-7(2)8(13(19)20)4-15-12(18)10-3-9-11(5-14-10)17-6-16-9/h6-8,10,14H,3-5H2,1-2H3,(H,15,18)(H,16,17)(H,19,20). The second kappa shape index (κ2) is 6.04. The lowest BCUT2D eigenvalue weighted by Crippen LogP contribution is -2.49. The van der Waals surface area contributed by atoms with Crippen molar-refractivity contribution in [1.29, 1.82) is 0 Å². The molecule has 110 valence electrons. The molecule has 7 nitrogen and oxygen atoms in total. The van der Waals surface area contributed by atoms with Gasteiger partial charge in [0, 0.05) is 19.5 Å². The number of aromatic nitrogens is 2. The van der Waals surface area contributed by atoms with Gasteiger partial charge in [0.15, 0.2) is 0 Å². The average molecular weight is 280 g/mol. The summed E-state index contributed by atoms with van der Waals surface area (Å²) in [6.07, 6.45) is 2.13. The minimum atomic E-state index is -0.883. The number of nitrogens with zero attached hydrogens (tertiary/aromatic N) is 1. The Morgan fingerprint density at radius 1 is 1.55 bits per heavy atom. The third kappa shape index (κ3) is 3.16. The Hall–Kier alpha value is -1.89. The normalized spacial score (nSPS) is 19.4. The Morgan fingerprint density at radius 2 is 2.30 bits per heavy atom. The van der Waals surface area contributed by atoms with Crippen molar-refractivity contribution < 1.29 is 14.7 Å². The smallest absolute Gasteiger partial charge is 0.308 e. The summed E-state index contributed by atoms with van der Waals surface area (Å²) >= 11 is 0. The van der Waals surface area contributed by atoms with E-state index in [0.717, 1.165) is 11.4 Å². The molecule has 1 aromatic heterocycles. The first-order valence-electron chi connectivity index (χ1n) is 6.74. The zero-order chi connectivity index (χ0) is 14.7. The number of H-pyrrole nitrogens is 1. The SMILES string of the molecule is CC(C)C(CNC(=O)C1Cc2nc[nH]c2CN1)C(=O)O. The van der Waals surface area contributed by atoms with Crippen LogP contribution in [-0.2, 0) is 22.6 Å². The molecule has 2 rings (SSSR count). The van der Waals surface area contributed by atoms with Gasteiger partial charge in [0.1, 0.15) is 0 Å². The lowest BCUT2D eigenvalue weighted by Gasteiger charge is -2.24. The van der Waals surface area contributed by atoms with Gasteiger partial charge in [-0.3, -0.25) is 14.9 Å². The van der Waals surface area contributed by atoms with E-state index in [1.807, 2.05) is 13.8 Å². The van der Waals surface area contributed by atoms with Crippen LogP contribution in [0.15, 0.2) is 6.33 Å². The van der Waals surface area contributed by atoms with Crippen LogP contribution in [0.1, 0.15) is 25.2 Å². The summed E-state index contributed by atoms with van der Waals surface area (Å²) in [4.78, 5) is 30.3. The number of amides is 1. The van der Waals surface area contributed by atoms with E-state index in [1.54, 1.807) is 6.33 Å². The van der Waals surface area contributed by atoms with Crippen molar-refractivity contribution >= 4 is 11.9 Å². The van der Waals surface area contributed by atoms with E-state index >= 15 is 0 Å². The number of carboxylic acid groups (broad SMARTS) is 1. The fourth-order valence-corrected chi connectivity index (χ4v) is 2.30. The number of aromatic amines is 1. The molecular weight excluding hydrogens is 260 g/mol. The third-order valence-corrected chi connectivity index (χ3v) is 3.66. The van der Waals surface area contributed by atoms with Gasteiger partial charge < -0.3 is 15.4 Å². The lowest BCUT2D eigenvalue weighted by molar-refractivity contribution is -0.143. The van der Waals surface area contributed by atoms with E-state index < -0.39 is 11.9 Å². The number of carboxylic acids is 1. The Labute approximate surface area is 117 Å². The van der Waals surface area contributed by atoms with Gasteiger partial charge in [-0.1, -0.05) is 13.8 Å². The Balaban J connectivity index is 1.88. The molecule has 2 heterocycles. The second-order valence-corrected chi connectivity index (χ2v) is 5.40. The van der Waals surface area contributed by atoms with Gasteiger partial charge in [0.2, 0.25) is 5.91 Å². The maximum Gasteiger partial charge on any atom is 0.308 e. The summed E-state index contributed by atoms with van der Waals surface area (Å²) in [7, 11) is 0. The first-order chi connectivity index (χ1) is 9.49. The van der Waals surface area contributed by atoms with E-state index in [1.165, 1.54) is 0 Å². The van der Waals surface area contributed by atoms with Crippen molar-refractivity contribution in [1.82, 2.24) is 20.6 Å². The highest BCUT2D eigenvalue weighted by Crippen LogP contribution is 2.13. The number of aliphatic carboxylic acids is 1. The minimum Gasteiger partial charge on any atom is -0.481 e. The number of carbonyl (C=O) groups is 2. The molecule has 2 atom stereocenters. The van der Waals surface area contributed by atoms with Crippen LogP contribution >= 0.6 is 0 Å². The van der Waals surface area contributed by atoms with Crippen LogP contribution in [0.5, 0.6) is 0 Å². The van der Waals surface area contributed by atoms with Crippen molar-refractivity contribution in [3.63, 3.8) is 0 Å². The first kappa shape index (κ1) is 14.5. The number of rotatable bonds is 5. The van der Waals surface area contributed by atoms with Crippen molar-refractivity contribution in [3.05, 3.63) is 17.7 Å². The first-order valence-corrected chi connectivity index (χ1v) is 6.74. The topological polar surface area (TPSA) is 107 Å². The van der Waals surface area contributed by atoms with E-state index in [-0.39, 0.29) is 24.4 Å². The van der Waals surface area contributed by atoms with E-state index in [4.69, 9.17) is 5.11 Å². The number of imidazole rings is 1. The highest BCUT2D eigenvalue weighted by molar-refractivity contribution is 5.83. The Bertz CT molecular complexity index is 498. The predicted octanol–water partition coefficient (Wildman–Crippen LogP) is -0.103. The van der Waals surface area contributed by atoms with Crippen LogP contribution in [0.25, 0.3) is 0 Å².